The van der Waals surface area contributed by atoms with E-state index < -0.39 is 0 Å². The van der Waals surface area contributed by atoms with Gasteiger partial charge in [-0.1, -0.05) is 176 Å². The van der Waals surface area contributed by atoms with E-state index in [1.807, 2.05) is 25.6 Å². The van der Waals surface area contributed by atoms with Crippen LogP contribution in [0.2, 0.25) is 0 Å². The highest BCUT2D eigenvalue weighted by molar-refractivity contribution is 7.98. The topological polar surface area (TPSA) is 0 Å². The van der Waals surface area contributed by atoms with Crippen molar-refractivity contribution in [2.24, 2.45) is 11.8 Å². The van der Waals surface area contributed by atoms with Crippen LogP contribution in [0.3, 0.4) is 0 Å². The molecule has 0 aromatic rings. The van der Waals surface area contributed by atoms with Crippen molar-refractivity contribution < 1.29 is 0 Å². The van der Waals surface area contributed by atoms with E-state index in [-0.39, 0.29) is 7.43 Å². The summed E-state index contributed by atoms with van der Waals surface area (Å²) >= 11 is 1.86. The lowest BCUT2D eigenvalue weighted by Gasteiger charge is -2.18. The molecule has 0 spiro atoms. The molecule has 2 atom stereocenters. The van der Waals surface area contributed by atoms with Gasteiger partial charge in [0.15, 0.2) is 0 Å². The number of thioether (sulfide) groups is 1. The Bertz CT molecular complexity index is 362. The van der Waals surface area contributed by atoms with E-state index in [2.05, 4.69) is 67.0 Å². The number of allylic oxidation sites excluding steroid dienone is 2. The van der Waals surface area contributed by atoms with Crippen molar-refractivity contribution in [3.8, 4) is 0 Å². The van der Waals surface area contributed by atoms with E-state index in [9.17, 15) is 0 Å². The minimum absolute atomic E-state index is 0. The molecule has 0 radical (unpaired) electrons. The minimum atomic E-state index is 0. The molecule has 1 saturated carbocycles. The van der Waals surface area contributed by atoms with Gasteiger partial charge < -0.3 is 0 Å². The Kier molecular flexibility index (Phi) is 57.7. The summed E-state index contributed by atoms with van der Waals surface area (Å²) < 4.78 is 0. The largest absolute Gasteiger partial charge is 0.166 e. The number of hydrogen-bond acceptors (Lipinski definition) is 1. The Morgan fingerprint density at radius 3 is 1.27 bits per heavy atom. The minimum Gasteiger partial charge on any atom is -0.166 e. The second-order valence-corrected chi connectivity index (χ2v) is 11.6. The molecule has 0 aliphatic heterocycles. The van der Waals surface area contributed by atoms with Crippen LogP contribution in [0.15, 0.2) is 24.8 Å². The van der Waals surface area contributed by atoms with Gasteiger partial charge in [-0.05, 0) is 44.1 Å². The maximum absolute atomic E-state index is 3.00. The van der Waals surface area contributed by atoms with Crippen LogP contribution in [0.5, 0.6) is 0 Å². The Morgan fingerprint density at radius 2 is 1.00 bits per heavy atom. The first-order chi connectivity index (χ1) is 17.5. The molecule has 0 N–H and O–H groups in total. The van der Waals surface area contributed by atoms with Crippen LogP contribution in [0.1, 0.15) is 185 Å². The van der Waals surface area contributed by atoms with Gasteiger partial charge in [0.25, 0.3) is 0 Å². The molecule has 1 aliphatic rings. The fourth-order valence-corrected chi connectivity index (χ4v) is 3.60. The Balaban J connectivity index is -0.000000239. The van der Waals surface area contributed by atoms with Crippen molar-refractivity contribution in [1.82, 2.24) is 0 Å². The van der Waals surface area contributed by atoms with Crippen molar-refractivity contribution in [1.29, 1.82) is 0 Å². The van der Waals surface area contributed by atoms with Crippen molar-refractivity contribution >= 4 is 11.8 Å². The first-order valence-electron chi connectivity index (χ1n) is 16.1. The van der Waals surface area contributed by atoms with Crippen molar-refractivity contribution in [3.63, 3.8) is 0 Å². The third kappa shape index (κ3) is 57.0. The fourth-order valence-electron chi connectivity index (χ4n) is 3.60. The molecule has 37 heavy (non-hydrogen) atoms. The lowest BCUT2D eigenvalue weighted by atomic mass is 9.88. The number of unbranched alkanes of at least 4 members (excludes halogenated alkanes) is 13. The summed E-state index contributed by atoms with van der Waals surface area (Å²) in [5.74, 6) is 2.96. The van der Waals surface area contributed by atoms with E-state index in [4.69, 9.17) is 0 Å². The SMILES string of the molecule is C.C1CC1.C=C.CC.CCCCCCCCCCCCCCCCC(C)C(C)CC=C(C)C.CCSC. The summed E-state index contributed by atoms with van der Waals surface area (Å²) in [5, 5.41) is 0. The first kappa shape index (κ1) is 46.7. The zero-order chi connectivity index (χ0) is 28.3. The Hall–Kier alpha value is -0.170. The Labute approximate surface area is 244 Å². The highest BCUT2D eigenvalue weighted by Gasteiger charge is 2.10. The normalized spacial score (nSPS) is 12.2. The molecule has 2 unspecified atom stereocenters. The molecule has 0 bridgehead atoms. The maximum Gasteiger partial charge on any atom is -0.00988 e. The smallest absolute Gasteiger partial charge is 0.00988 e. The van der Waals surface area contributed by atoms with Gasteiger partial charge in [0, 0.05) is 0 Å². The van der Waals surface area contributed by atoms with Crippen LogP contribution < -0.4 is 0 Å². The highest BCUT2D eigenvalue weighted by Crippen LogP contribution is 2.23. The van der Waals surface area contributed by atoms with Gasteiger partial charge in [0.05, 0.1) is 0 Å². The van der Waals surface area contributed by atoms with Gasteiger partial charge in [0.1, 0.15) is 0 Å². The van der Waals surface area contributed by atoms with E-state index in [1.165, 1.54) is 133 Å². The van der Waals surface area contributed by atoms with E-state index in [1.54, 1.807) is 0 Å². The van der Waals surface area contributed by atoms with E-state index in [0.29, 0.717) is 0 Å². The molecular weight excluding hydrogens is 464 g/mol. The zero-order valence-corrected chi connectivity index (χ0v) is 28.0. The number of rotatable bonds is 19. The molecule has 0 amide bonds. The van der Waals surface area contributed by atoms with Gasteiger partial charge in [0.2, 0.25) is 0 Å². The molecule has 1 heteroatoms. The van der Waals surface area contributed by atoms with Crippen molar-refractivity contribution in [2.75, 3.05) is 12.0 Å². The molecule has 1 fully saturated rings. The fraction of sp³-hybridized carbons (Fsp3) is 0.889. The molecule has 0 nitrogen and oxygen atoms in total. The summed E-state index contributed by atoms with van der Waals surface area (Å²) in [6, 6.07) is 0. The lowest BCUT2D eigenvalue weighted by Crippen LogP contribution is -2.07. The second-order valence-electron chi connectivity index (χ2n) is 10.5. The van der Waals surface area contributed by atoms with Gasteiger partial charge in [-0.25, -0.2) is 0 Å². The zero-order valence-electron chi connectivity index (χ0n) is 27.2. The molecule has 1 aliphatic carbocycles. The van der Waals surface area contributed by atoms with Crippen LogP contribution in [0.25, 0.3) is 0 Å². The molecule has 0 aromatic carbocycles. The lowest BCUT2D eigenvalue weighted by molar-refractivity contribution is 0.352. The molecule has 0 aromatic heterocycles. The second kappa shape index (κ2) is 45.7. The van der Waals surface area contributed by atoms with Crippen molar-refractivity contribution in [3.05, 3.63) is 24.8 Å². The average Bonchev–Trinajstić information content (AvgIpc) is 3.79. The van der Waals surface area contributed by atoms with E-state index in [0.717, 1.165) is 11.8 Å². The number of hydrogen-bond donors (Lipinski definition) is 0. The summed E-state index contributed by atoms with van der Waals surface area (Å²) in [6.45, 7) is 23.7. The summed E-state index contributed by atoms with van der Waals surface area (Å²) in [4.78, 5) is 0. The van der Waals surface area contributed by atoms with Gasteiger partial charge in [-0.15, -0.1) is 13.2 Å². The highest BCUT2D eigenvalue weighted by atomic mass is 32.2. The third-order valence-electron chi connectivity index (χ3n) is 6.52. The van der Waals surface area contributed by atoms with E-state index >= 15 is 0 Å². The van der Waals surface area contributed by atoms with Crippen LogP contribution in [0.4, 0.5) is 0 Å². The average molecular weight is 543 g/mol. The molecule has 0 saturated heterocycles. The molecule has 1 rings (SSSR count). The van der Waals surface area contributed by atoms with Gasteiger partial charge in [-0.2, -0.15) is 11.8 Å². The standard InChI is InChI=1S/C25H50.C3H8S.C3H6.C2H6.C2H4.CH4/c1-6-7-8-9-10-11-12-13-14-15-16-17-18-19-20-24(4)25(5)22-21-23(2)3;1-3-4-2;1-2-3-1;2*1-2;/h21,24-25H,6-20,22H2,1-5H3;3H2,1-2H3;1-3H2;1-2H3;1-2H2;1H4. The molecular formula is C36H78S. The first-order valence-corrected chi connectivity index (χ1v) is 17.5. The van der Waals surface area contributed by atoms with Gasteiger partial charge in [-0.3, -0.25) is 0 Å². The quantitative estimate of drug-likeness (QED) is 0.115. The van der Waals surface area contributed by atoms with Crippen LogP contribution >= 0.6 is 11.8 Å². The summed E-state index contributed by atoms with van der Waals surface area (Å²) in [5.41, 5.74) is 1.47. The van der Waals surface area contributed by atoms with Crippen LogP contribution in [0, 0.1) is 11.8 Å². The van der Waals surface area contributed by atoms with Crippen LogP contribution in [-0.2, 0) is 0 Å². The summed E-state index contributed by atoms with van der Waals surface area (Å²) in [7, 11) is 0. The third-order valence-corrected chi connectivity index (χ3v) is 7.10. The summed E-state index contributed by atoms with van der Waals surface area (Å²) in [6.07, 6.45) is 32.1. The maximum atomic E-state index is 3.00. The Morgan fingerprint density at radius 1 is 0.676 bits per heavy atom. The predicted octanol–water partition coefficient (Wildman–Crippen LogP) is 14.5. The monoisotopic (exact) mass is 543 g/mol. The van der Waals surface area contributed by atoms with Crippen molar-refractivity contribution in [2.45, 2.75) is 185 Å². The molecule has 0 heterocycles. The van der Waals surface area contributed by atoms with Crippen LogP contribution in [-0.4, -0.2) is 12.0 Å². The molecule has 228 valence electrons. The van der Waals surface area contributed by atoms with Gasteiger partial charge >= 0.3 is 0 Å². The predicted molar refractivity (Wildman–Crippen MR) is 185 cm³/mol.